The molecule has 2 atom stereocenters. The number of hydrogen-bond donors (Lipinski definition) is 3. The zero-order valence-electron chi connectivity index (χ0n) is 16.8. The molecule has 0 aliphatic rings. The zero-order valence-corrected chi connectivity index (χ0v) is 19.1. The smallest absolute Gasteiger partial charge is 0.193 e. The van der Waals surface area contributed by atoms with Crippen molar-refractivity contribution in [1.82, 2.24) is 0 Å². The van der Waals surface area contributed by atoms with Gasteiger partial charge in [0, 0.05) is 11.8 Å². The second-order valence-electron chi connectivity index (χ2n) is 6.44. The van der Waals surface area contributed by atoms with E-state index < -0.39 is 6.10 Å². The maximum Gasteiger partial charge on any atom is 0.193 e. The van der Waals surface area contributed by atoms with Crippen LogP contribution in [0.1, 0.15) is 43.4 Å². The molecular formula is C21H30IN3O3. The van der Waals surface area contributed by atoms with Gasteiger partial charge in [-0.2, -0.15) is 0 Å². The highest BCUT2D eigenvalue weighted by Gasteiger charge is 2.11. The van der Waals surface area contributed by atoms with E-state index in [4.69, 9.17) is 15.2 Å². The minimum absolute atomic E-state index is 0. The molecule has 2 unspecified atom stereocenters. The summed E-state index contributed by atoms with van der Waals surface area (Å²) >= 11 is 0. The standard InChI is InChI=1S/C21H29N3O3.HI/c1-5-14(2)15-6-8-17(9-7-15)24-21(22)23-13-20(25)16-10-18(26-3)12-19(11-16)27-4;/h6-12,14,20,25H,5,13H2,1-4H3,(H3,22,23,24);1H. The fraction of sp³-hybridized carbons (Fsp3) is 0.381. The second kappa shape index (κ2) is 11.8. The molecule has 4 N–H and O–H groups in total. The Morgan fingerprint density at radius 2 is 1.64 bits per heavy atom. The highest BCUT2D eigenvalue weighted by atomic mass is 127. The molecule has 154 valence electrons. The number of nitrogens with two attached hydrogens (primary N) is 1. The molecule has 0 fully saturated rings. The summed E-state index contributed by atoms with van der Waals surface area (Å²) in [5.74, 6) is 2.00. The molecule has 0 aliphatic heterocycles. The van der Waals surface area contributed by atoms with E-state index in [1.165, 1.54) is 5.56 Å². The Bertz CT molecular complexity index is 744. The van der Waals surface area contributed by atoms with Crippen LogP contribution in [0.15, 0.2) is 47.5 Å². The van der Waals surface area contributed by atoms with Crippen molar-refractivity contribution < 1.29 is 14.6 Å². The molecule has 2 rings (SSSR count). The summed E-state index contributed by atoms with van der Waals surface area (Å²) in [7, 11) is 3.13. The van der Waals surface area contributed by atoms with Gasteiger partial charge in [0.05, 0.1) is 26.9 Å². The Labute approximate surface area is 184 Å². The number of rotatable bonds is 8. The molecule has 2 aromatic rings. The number of halogens is 1. The molecule has 28 heavy (non-hydrogen) atoms. The van der Waals surface area contributed by atoms with Crippen molar-refractivity contribution in [2.45, 2.75) is 32.3 Å². The monoisotopic (exact) mass is 499 g/mol. The number of guanidine groups is 1. The highest BCUT2D eigenvalue weighted by Crippen LogP contribution is 2.26. The van der Waals surface area contributed by atoms with E-state index in [2.05, 4.69) is 36.3 Å². The van der Waals surface area contributed by atoms with Gasteiger partial charge in [0.25, 0.3) is 0 Å². The minimum atomic E-state index is -0.817. The first-order valence-corrected chi connectivity index (χ1v) is 9.04. The number of nitrogens with zero attached hydrogens (tertiary/aromatic N) is 1. The van der Waals surface area contributed by atoms with Gasteiger partial charge in [0.15, 0.2) is 5.96 Å². The van der Waals surface area contributed by atoms with Gasteiger partial charge in [-0.15, -0.1) is 24.0 Å². The van der Waals surface area contributed by atoms with Gasteiger partial charge < -0.3 is 25.6 Å². The molecule has 0 saturated carbocycles. The highest BCUT2D eigenvalue weighted by molar-refractivity contribution is 14.0. The average molecular weight is 499 g/mol. The molecule has 0 amide bonds. The lowest BCUT2D eigenvalue weighted by Crippen LogP contribution is -2.23. The van der Waals surface area contributed by atoms with Gasteiger partial charge in [-0.1, -0.05) is 26.0 Å². The third kappa shape index (κ3) is 6.87. The van der Waals surface area contributed by atoms with E-state index in [9.17, 15) is 5.11 Å². The molecule has 7 heteroatoms. The van der Waals surface area contributed by atoms with Crippen molar-refractivity contribution in [3.63, 3.8) is 0 Å². The minimum Gasteiger partial charge on any atom is -0.497 e. The first-order chi connectivity index (χ1) is 13.0. The molecule has 0 radical (unpaired) electrons. The number of anilines is 1. The Kier molecular flexibility index (Phi) is 10.1. The number of nitrogens with one attached hydrogen (secondary N) is 1. The van der Waals surface area contributed by atoms with Gasteiger partial charge >= 0.3 is 0 Å². The predicted molar refractivity (Wildman–Crippen MR) is 125 cm³/mol. The van der Waals surface area contributed by atoms with Crippen LogP contribution in [-0.2, 0) is 0 Å². The lowest BCUT2D eigenvalue weighted by Gasteiger charge is -2.13. The summed E-state index contributed by atoms with van der Waals surface area (Å²) in [6.45, 7) is 4.50. The molecule has 6 nitrogen and oxygen atoms in total. The summed E-state index contributed by atoms with van der Waals surface area (Å²) in [6.07, 6.45) is 0.283. The van der Waals surface area contributed by atoms with Crippen LogP contribution in [0.25, 0.3) is 0 Å². The summed E-state index contributed by atoms with van der Waals surface area (Å²) in [4.78, 5) is 4.23. The first kappa shape index (κ1) is 24.0. The number of methoxy groups -OCH3 is 2. The van der Waals surface area contributed by atoms with Crippen molar-refractivity contribution in [1.29, 1.82) is 0 Å². The Hall–Kier alpha value is -2.00. The van der Waals surface area contributed by atoms with Crippen molar-refractivity contribution in [3.8, 4) is 11.5 Å². The summed E-state index contributed by atoms with van der Waals surface area (Å²) in [5, 5.41) is 13.4. The van der Waals surface area contributed by atoms with Crippen molar-refractivity contribution in [2.24, 2.45) is 10.7 Å². The van der Waals surface area contributed by atoms with Crippen LogP contribution in [-0.4, -0.2) is 31.8 Å². The third-order valence-electron chi connectivity index (χ3n) is 4.56. The number of aliphatic hydroxyl groups is 1. The SMILES string of the molecule is CCC(C)c1ccc(NC(N)=NCC(O)c2cc(OC)cc(OC)c2)cc1.I. The van der Waals surface area contributed by atoms with Crippen LogP contribution in [0.2, 0.25) is 0 Å². The molecule has 0 aliphatic carbocycles. The predicted octanol–water partition coefficient (Wildman–Crippen LogP) is 4.30. The van der Waals surface area contributed by atoms with Gasteiger partial charge in [0.2, 0.25) is 0 Å². The number of hydrogen-bond acceptors (Lipinski definition) is 4. The van der Waals surface area contributed by atoms with Crippen LogP contribution in [0.4, 0.5) is 5.69 Å². The molecule has 0 aromatic heterocycles. The van der Waals surface area contributed by atoms with Gasteiger partial charge in [0.1, 0.15) is 11.5 Å². The first-order valence-electron chi connectivity index (χ1n) is 9.04. The quantitative estimate of drug-likeness (QED) is 0.287. The van der Waals surface area contributed by atoms with Gasteiger partial charge in [-0.3, -0.25) is 4.99 Å². The van der Waals surface area contributed by atoms with E-state index in [0.29, 0.717) is 23.0 Å². The zero-order chi connectivity index (χ0) is 19.8. The average Bonchev–Trinajstić information content (AvgIpc) is 2.71. The lowest BCUT2D eigenvalue weighted by atomic mass is 9.99. The topological polar surface area (TPSA) is 89.1 Å². The summed E-state index contributed by atoms with van der Waals surface area (Å²) in [6, 6.07) is 13.4. The molecule has 0 saturated heterocycles. The van der Waals surface area contributed by atoms with E-state index in [-0.39, 0.29) is 36.5 Å². The largest absolute Gasteiger partial charge is 0.497 e. The molecule has 0 spiro atoms. The van der Waals surface area contributed by atoms with E-state index in [1.807, 2.05) is 12.1 Å². The fourth-order valence-corrected chi connectivity index (χ4v) is 2.63. The van der Waals surface area contributed by atoms with Crippen molar-refractivity contribution in [3.05, 3.63) is 53.6 Å². The van der Waals surface area contributed by atoms with Crippen LogP contribution in [0.5, 0.6) is 11.5 Å². The van der Waals surface area contributed by atoms with Crippen LogP contribution in [0.3, 0.4) is 0 Å². The molecule has 0 heterocycles. The van der Waals surface area contributed by atoms with Gasteiger partial charge in [-0.25, -0.2) is 0 Å². The van der Waals surface area contributed by atoms with E-state index in [0.717, 1.165) is 12.1 Å². The number of aliphatic hydroxyl groups excluding tert-OH is 1. The van der Waals surface area contributed by atoms with Crippen molar-refractivity contribution >= 4 is 35.6 Å². The summed E-state index contributed by atoms with van der Waals surface area (Å²) in [5.41, 5.74) is 8.75. The van der Waals surface area contributed by atoms with Gasteiger partial charge in [-0.05, 0) is 47.7 Å². The lowest BCUT2D eigenvalue weighted by molar-refractivity contribution is 0.186. The maximum atomic E-state index is 10.4. The molecular weight excluding hydrogens is 469 g/mol. The Morgan fingerprint density at radius 1 is 1.07 bits per heavy atom. The van der Waals surface area contributed by atoms with Crippen LogP contribution >= 0.6 is 24.0 Å². The number of ether oxygens (including phenoxy) is 2. The molecule has 0 bridgehead atoms. The number of benzene rings is 2. The maximum absolute atomic E-state index is 10.4. The Morgan fingerprint density at radius 3 is 2.14 bits per heavy atom. The number of aliphatic imine (C=N–C) groups is 1. The third-order valence-corrected chi connectivity index (χ3v) is 4.56. The van der Waals surface area contributed by atoms with Crippen LogP contribution in [0, 0.1) is 0 Å². The van der Waals surface area contributed by atoms with E-state index >= 15 is 0 Å². The summed E-state index contributed by atoms with van der Waals surface area (Å²) < 4.78 is 10.4. The van der Waals surface area contributed by atoms with Crippen LogP contribution < -0.4 is 20.5 Å². The van der Waals surface area contributed by atoms with Crippen molar-refractivity contribution in [2.75, 3.05) is 26.1 Å². The fourth-order valence-electron chi connectivity index (χ4n) is 2.63. The molecule has 2 aromatic carbocycles. The normalized spacial score (nSPS) is 13.2. The Balaban J connectivity index is 0.00000392. The van der Waals surface area contributed by atoms with E-state index in [1.54, 1.807) is 32.4 Å². The second-order valence-corrected chi connectivity index (χ2v) is 6.44.